The third kappa shape index (κ3) is 3.53. The number of pyridine rings is 1. The Morgan fingerprint density at radius 3 is 3.00 bits per heavy atom. The molecule has 0 bridgehead atoms. The molecule has 1 aromatic rings. The molecule has 1 aliphatic carbocycles. The number of hydrogen-bond donors (Lipinski definition) is 3. The molecule has 2 atom stereocenters. The number of carbonyl (C=O) groups is 1. The van der Waals surface area contributed by atoms with Gasteiger partial charge in [0, 0.05) is 11.3 Å². The summed E-state index contributed by atoms with van der Waals surface area (Å²) in [5, 5.41) is 4.08. The normalized spacial score (nSPS) is 23.0. The number of carbonyl (C=O) groups excluding carboxylic acids is 1. The van der Waals surface area contributed by atoms with E-state index in [9.17, 15) is 4.79 Å². The van der Waals surface area contributed by atoms with Crippen molar-refractivity contribution in [2.24, 2.45) is 5.73 Å². The number of primary amides is 1. The largest absolute Gasteiger partial charge is 0.397 e. The van der Waals surface area contributed by atoms with Crippen LogP contribution in [0.3, 0.4) is 0 Å². The van der Waals surface area contributed by atoms with E-state index in [0.717, 1.165) is 12.8 Å². The van der Waals surface area contributed by atoms with Crippen molar-refractivity contribution in [1.82, 2.24) is 4.98 Å². The second kappa shape index (κ2) is 6.14. The fourth-order valence-electron chi connectivity index (χ4n) is 2.46. The predicted octanol–water partition coefficient (Wildman–Crippen LogP) is 1.85. The minimum atomic E-state index is -0.520. The van der Waals surface area contributed by atoms with Crippen molar-refractivity contribution in [2.75, 3.05) is 17.3 Å². The Morgan fingerprint density at radius 2 is 2.32 bits per heavy atom. The summed E-state index contributed by atoms with van der Waals surface area (Å²) in [4.78, 5) is 15.5. The SMILES string of the molecule is CSC1CCCC(Nc2cc(C(N)=O)c(N)cn2)C1. The second-order valence-corrected chi connectivity index (χ2v) is 6.02. The second-order valence-electron chi connectivity index (χ2n) is 4.89. The molecule has 1 amide bonds. The van der Waals surface area contributed by atoms with Crippen LogP contribution in [0.25, 0.3) is 0 Å². The lowest BCUT2D eigenvalue weighted by molar-refractivity contribution is 0.100. The Hall–Kier alpha value is -1.43. The highest BCUT2D eigenvalue weighted by atomic mass is 32.2. The third-order valence-electron chi connectivity index (χ3n) is 3.51. The molecule has 1 aromatic heterocycles. The van der Waals surface area contributed by atoms with Gasteiger partial charge in [-0.2, -0.15) is 11.8 Å². The van der Waals surface area contributed by atoms with Crippen LogP contribution >= 0.6 is 11.8 Å². The van der Waals surface area contributed by atoms with Crippen molar-refractivity contribution < 1.29 is 4.79 Å². The molecule has 0 aromatic carbocycles. The fourth-order valence-corrected chi connectivity index (χ4v) is 3.28. The molecule has 5 N–H and O–H groups in total. The van der Waals surface area contributed by atoms with Gasteiger partial charge in [0.05, 0.1) is 17.4 Å². The molecule has 1 fully saturated rings. The van der Waals surface area contributed by atoms with Gasteiger partial charge in [-0.05, 0) is 31.6 Å². The van der Waals surface area contributed by atoms with E-state index in [0.29, 0.717) is 28.4 Å². The molecule has 19 heavy (non-hydrogen) atoms. The molecule has 6 heteroatoms. The maximum atomic E-state index is 11.2. The van der Waals surface area contributed by atoms with Gasteiger partial charge in [0.25, 0.3) is 5.91 Å². The standard InChI is InChI=1S/C13H20N4OS/c1-19-9-4-2-3-8(5-9)17-12-6-10(13(15)18)11(14)7-16-12/h6-9H,2-5,14H2,1H3,(H2,15,18)(H,16,17). The van der Waals surface area contributed by atoms with Crippen LogP contribution in [0.2, 0.25) is 0 Å². The summed E-state index contributed by atoms with van der Waals surface area (Å²) in [7, 11) is 0. The summed E-state index contributed by atoms with van der Waals surface area (Å²) in [5.74, 6) is 0.156. The molecule has 1 saturated carbocycles. The maximum Gasteiger partial charge on any atom is 0.250 e. The lowest BCUT2D eigenvalue weighted by Gasteiger charge is -2.29. The molecule has 2 rings (SSSR count). The fraction of sp³-hybridized carbons (Fsp3) is 0.538. The molecule has 0 saturated heterocycles. The van der Waals surface area contributed by atoms with Crippen molar-refractivity contribution in [3.63, 3.8) is 0 Å². The number of aromatic nitrogens is 1. The van der Waals surface area contributed by atoms with Gasteiger partial charge >= 0.3 is 0 Å². The lowest BCUT2D eigenvalue weighted by atomic mass is 9.95. The number of nitrogens with one attached hydrogen (secondary N) is 1. The number of nitrogens with two attached hydrogens (primary N) is 2. The zero-order chi connectivity index (χ0) is 13.8. The zero-order valence-corrected chi connectivity index (χ0v) is 11.9. The Morgan fingerprint density at radius 1 is 1.53 bits per heavy atom. The average molecular weight is 280 g/mol. The van der Waals surface area contributed by atoms with Crippen LogP contribution in [-0.4, -0.2) is 28.4 Å². The average Bonchev–Trinajstić information content (AvgIpc) is 2.41. The van der Waals surface area contributed by atoms with E-state index in [1.54, 1.807) is 6.07 Å². The van der Waals surface area contributed by atoms with Crippen LogP contribution in [0, 0.1) is 0 Å². The van der Waals surface area contributed by atoms with Gasteiger partial charge in [0.1, 0.15) is 5.82 Å². The van der Waals surface area contributed by atoms with Gasteiger partial charge in [-0.15, -0.1) is 0 Å². The molecule has 0 aliphatic heterocycles. The van der Waals surface area contributed by atoms with Crippen molar-refractivity contribution in [1.29, 1.82) is 0 Å². The van der Waals surface area contributed by atoms with E-state index in [1.165, 1.54) is 19.0 Å². The Kier molecular flexibility index (Phi) is 4.52. The molecule has 2 unspecified atom stereocenters. The first-order chi connectivity index (χ1) is 9.10. The monoisotopic (exact) mass is 280 g/mol. The summed E-state index contributed by atoms with van der Waals surface area (Å²) < 4.78 is 0. The summed E-state index contributed by atoms with van der Waals surface area (Å²) >= 11 is 1.92. The first-order valence-corrected chi connectivity index (χ1v) is 7.73. The number of rotatable bonds is 4. The van der Waals surface area contributed by atoms with E-state index in [1.807, 2.05) is 11.8 Å². The molecule has 0 radical (unpaired) electrons. The van der Waals surface area contributed by atoms with Crippen LogP contribution in [0.1, 0.15) is 36.0 Å². The van der Waals surface area contributed by atoms with Crippen LogP contribution in [0.4, 0.5) is 11.5 Å². The van der Waals surface area contributed by atoms with Gasteiger partial charge in [-0.25, -0.2) is 4.98 Å². The molecule has 5 nitrogen and oxygen atoms in total. The minimum absolute atomic E-state index is 0.323. The number of hydrogen-bond acceptors (Lipinski definition) is 5. The maximum absolute atomic E-state index is 11.2. The van der Waals surface area contributed by atoms with Crippen molar-refractivity contribution in [2.45, 2.75) is 37.0 Å². The summed E-state index contributed by atoms with van der Waals surface area (Å²) in [6, 6.07) is 2.04. The smallest absolute Gasteiger partial charge is 0.250 e. The van der Waals surface area contributed by atoms with E-state index in [2.05, 4.69) is 16.6 Å². The molecular weight excluding hydrogens is 260 g/mol. The van der Waals surface area contributed by atoms with Gasteiger partial charge < -0.3 is 16.8 Å². The summed E-state index contributed by atoms with van der Waals surface area (Å²) in [6.45, 7) is 0. The molecule has 104 valence electrons. The van der Waals surface area contributed by atoms with Gasteiger partial charge in [-0.1, -0.05) is 6.42 Å². The first-order valence-electron chi connectivity index (χ1n) is 6.44. The number of anilines is 2. The Bertz CT molecular complexity index is 466. The lowest BCUT2D eigenvalue weighted by Crippen LogP contribution is -2.29. The number of nitrogen functional groups attached to an aromatic ring is 1. The number of nitrogens with zero attached hydrogens (tertiary/aromatic N) is 1. The van der Waals surface area contributed by atoms with E-state index >= 15 is 0 Å². The van der Waals surface area contributed by atoms with Crippen LogP contribution < -0.4 is 16.8 Å². The van der Waals surface area contributed by atoms with Gasteiger partial charge in [0.2, 0.25) is 0 Å². The number of amides is 1. The predicted molar refractivity (Wildman–Crippen MR) is 80.3 cm³/mol. The third-order valence-corrected chi connectivity index (χ3v) is 4.61. The van der Waals surface area contributed by atoms with E-state index in [-0.39, 0.29) is 0 Å². The zero-order valence-electron chi connectivity index (χ0n) is 11.1. The van der Waals surface area contributed by atoms with Gasteiger partial charge in [-0.3, -0.25) is 4.79 Å². The highest BCUT2D eigenvalue weighted by Crippen LogP contribution is 2.28. The van der Waals surface area contributed by atoms with Gasteiger partial charge in [0.15, 0.2) is 0 Å². The summed E-state index contributed by atoms with van der Waals surface area (Å²) in [6.07, 6.45) is 8.40. The number of thioether (sulfide) groups is 1. The van der Waals surface area contributed by atoms with E-state index < -0.39 is 5.91 Å². The first kappa shape index (κ1) is 14.0. The Balaban J connectivity index is 2.06. The highest BCUT2D eigenvalue weighted by molar-refractivity contribution is 7.99. The molecular formula is C13H20N4OS. The molecule has 1 aliphatic rings. The van der Waals surface area contributed by atoms with Crippen LogP contribution in [0.15, 0.2) is 12.3 Å². The van der Waals surface area contributed by atoms with E-state index in [4.69, 9.17) is 11.5 Å². The van der Waals surface area contributed by atoms with Crippen molar-refractivity contribution >= 4 is 29.2 Å². The van der Waals surface area contributed by atoms with Crippen molar-refractivity contribution in [3.8, 4) is 0 Å². The van der Waals surface area contributed by atoms with Crippen LogP contribution in [0.5, 0.6) is 0 Å². The highest BCUT2D eigenvalue weighted by Gasteiger charge is 2.21. The quantitative estimate of drug-likeness (QED) is 0.782. The Labute approximate surface area is 117 Å². The molecule has 1 heterocycles. The summed E-state index contributed by atoms with van der Waals surface area (Å²) in [5.41, 5.74) is 11.6. The van der Waals surface area contributed by atoms with Crippen molar-refractivity contribution in [3.05, 3.63) is 17.8 Å². The minimum Gasteiger partial charge on any atom is -0.397 e. The topological polar surface area (TPSA) is 94.0 Å². The molecule has 0 spiro atoms. The van der Waals surface area contributed by atoms with Crippen LogP contribution in [-0.2, 0) is 0 Å².